The van der Waals surface area contributed by atoms with Gasteiger partial charge >= 0.3 is 0 Å². The Morgan fingerprint density at radius 2 is 2.00 bits per heavy atom. The van der Waals surface area contributed by atoms with Crippen molar-refractivity contribution in [3.63, 3.8) is 0 Å². The van der Waals surface area contributed by atoms with Crippen molar-refractivity contribution in [3.8, 4) is 0 Å². The normalized spacial score (nSPS) is 43.7. The standard InChI is InChI=1S/C7H12NO/c9-7-5-6-1-3-8(7)4-2-6/h6,9H,1-5H2. The molecule has 3 aliphatic rings. The Morgan fingerprint density at radius 3 is 2.22 bits per heavy atom. The lowest BCUT2D eigenvalue weighted by atomic mass is 9.87. The highest BCUT2D eigenvalue weighted by molar-refractivity contribution is 4.91. The molecule has 0 unspecified atom stereocenters. The van der Waals surface area contributed by atoms with Crippen LogP contribution in [0.25, 0.3) is 0 Å². The molecule has 3 heterocycles. The van der Waals surface area contributed by atoms with Crippen LogP contribution in [0.2, 0.25) is 0 Å². The molecule has 0 amide bonds. The molecule has 0 aliphatic carbocycles. The zero-order chi connectivity index (χ0) is 6.27. The van der Waals surface area contributed by atoms with Gasteiger partial charge in [0, 0.05) is 13.1 Å². The first-order chi connectivity index (χ1) is 4.36. The van der Waals surface area contributed by atoms with Gasteiger partial charge in [-0.25, -0.2) is 0 Å². The third-order valence-electron chi connectivity index (χ3n) is 2.45. The van der Waals surface area contributed by atoms with Crippen LogP contribution in [-0.2, 0) is 0 Å². The van der Waals surface area contributed by atoms with E-state index < -0.39 is 0 Å². The van der Waals surface area contributed by atoms with Gasteiger partial charge in [-0.05, 0) is 25.2 Å². The summed E-state index contributed by atoms with van der Waals surface area (Å²) in [5.74, 6) is 0.801. The SMILES string of the molecule is O[C]1CC2CCN1CC2. The van der Waals surface area contributed by atoms with Crippen LogP contribution in [-0.4, -0.2) is 23.1 Å². The molecule has 0 aromatic carbocycles. The van der Waals surface area contributed by atoms with Crippen molar-refractivity contribution in [2.24, 2.45) is 5.92 Å². The summed E-state index contributed by atoms with van der Waals surface area (Å²) >= 11 is 0. The lowest BCUT2D eigenvalue weighted by molar-refractivity contribution is 0.00971. The fraction of sp³-hybridized carbons (Fsp3) is 0.857. The molecule has 2 nitrogen and oxygen atoms in total. The number of nitrogens with zero attached hydrogens (tertiary/aromatic N) is 1. The minimum absolute atomic E-state index is 0.637. The molecule has 0 saturated carbocycles. The Morgan fingerprint density at radius 1 is 1.33 bits per heavy atom. The van der Waals surface area contributed by atoms with Crippen LogP contribution in [0.4, 0.5) is 0 Å². The summed E-state index contributed by atoms with van der Waals surface area (Å²) in [6.45, 7) is 2.19. The van der Waals surface area contributed by atoms with Crippen molar-refractivity contribution < 1.29 is 5.11 Å². The van der Waals surface area contributed by atoms with E-state index in [2.05, 4.69) is 4.90 Å². The highest BCUT2D eigenvalue weighted by Gasteiger charge is 2.32. The topological polar surface area (TPSA) is 23.5 Å². The Bertz CT molecular complexity index is 107. The molecule has 0 atom stereocenters. The third-order valence-corrected chi connectivity index (χ3v) is 2.45. The maximum atomic E-state index is 9.24. The molecule has 0 spiro atoms. The first-order valence-corrected chi connectivity index (χ1v) is 3.66. The average Bonchev–Trinajstić information content (AvgIpc) is 1.90. The minimum Gasteiger partial charge on any atom is -0.371 e. The molecule has 3 aliphatic heterocycles. The van der Waals surface area contributed by atoms with Gasteiger partial charge in [0.1, 0.15) is 0 Å². The Labute approximate surface area is 55.5 Å². The van der Waals surface area contributed by atoms with Gasteiger partial charge in [0.15, 0.2) is 6.23 Å². The molecule has 0 aromatic rings. The second-order valence-corrected chi connectivity index (χ2v) is 3.05. The van der Waals surface area contributed by atoms with Crippen LogP contribution < -0.4 is 0 Å². The van der Waals surface area contributed by atoms with Gasteiger partial charge in [0.05, 0.1) is 0 Å². The molecule has 2 heteroatoms. The smallest absolute Gasteiger partial charge is 0.161 e. The molecule has 3 fully saturated rings. The Balaban J connectivity index is 2.06. The summed E-state index contributed by atoms with van der Waals surface area (Å²) in [4.78, 5) is 2.10. The van der Waals surface area contributed by atoms with Crippen molar-refractivity contribution >= 4 is 0 Å². The molecule has 1 radical (unpaired) electrons. The number of rotatable bonds is 0. The molecule has 3 rings (SSSR count). The van der Waals surface area contributed by atoms with Crippen molar-refractivity contribution in [1.29, 1.82) is 0 Å². The largest absolute Gasteiger partial charge is 0.371 e. The Kier molecular flexibility index (Phi) is 1.24. The summed E-state index contributed by atoms with van der Waals surface area (Å²) in [5, 5.41) is 9.24. The van der Waals surface area contributed by atoms with Crippen molar-refractivity contribution in [3.05, 3.63) is 6.23 Å². The van der Waals surface area contributed by atoms with Crippen LogP contribution >= 0.6 is 0 Å². The van der Waals surface area contributed by atoms with E-state index in [1.54, 1.807) is 0 Å². The van der Waals surface area contributed by atoms with Gasteiger partial charge in [-0.1, -0.05) is 0 Å². The van der Waals surface area contributed by atoms with Crippen LogP contribution in [0, 0.1) is 12.1 Å². The zero-order valence-electron chi connectivity index (χ0n) is 5.51. The maximum Gasteiger partial charge on any atom is 0.161 e. The summed E-state index contributed by atoms with van der Waals surface area (Å²) in [7, 11) is 0. The van der Waals surface area contributed by atoms with E-state index >= 15 is 0 Å². The van der Waals surface area contributed by atoms with E-state index in [4.69, 9.17) is 0 Å². The molecule has 51 valence electrons. The lowest BCUT2D eigenvalue weighted by Crippen LogP contribution is -2.43. The van der Waals surface area contributed by atoms with E-state index in [9.17, 15) is 5.11 Å². The first-order valence-electron chi connectivity index (χ1n) is 3.66. The second-order valence-electron chi connectivity index (χ2n) is 3.05. The van der Waals surface area contributed by atoms with E-state index in [1.165, 1.54) is 12.8 Å². The van der Waals surface area contributed by atoms with Crippen molar-refractivity contribution in [2.45, 2.75) is 19.3 Å². The fourth-order valence-electron chi connectivity index (χ4n) is 1.78. The number of hydrogen-bond acceptors (Lipinski definition) is 2. The minimum atomic E-state index is 0.637. The highest BCUT2D eigenvalue weighted by Crippen LogP contribution is 2.33. The highest BCUT2D eigenvalue weighted by atomic mass is 16.3. The fourth-order valence-corrected chi connectivity index (χ4v) is 1.78. The van der Waals surface area contributed by atoms with E-state index in [-0.39, 0.29) is 0 Å². The predicted octanol–water partition coefficient (Wildman–Crippen LogP) is 0.964. The van der Waals surface area contributed by atoms with Crippen molar-refractivity contribution in [1.82, 2.24) is 4.90 Å². The van der Waals surface area contributed by atoms with Gasteiger partial charge in [-0.3, -0.25) is 4.90 Å². The van der Waals surface area contributed by atoms with Gasteiger partial charge in [0.25, 0.3) is 0 Å². The van der Waals surface area contributed by atoms with Gasteiger partial charge in [-0.2, -0.15) is 0 Å². The third kappa shape index (κ3) is 0.864. The maximum absolute atomic E-state index is 9.24. The van der Waals surface area contributed by atoms with Gasteiger partial charge in [0.2, 0.25) is 0 Å². The Hall–Kier alpha value is -0.0800. The predicted molar refractivity (Wildman–Crippen MR) is 34.1 cm³/mol. The molecule has 0 aromatic heterocycles. The number of fused-ring (bicyclic) bond motifs is 3. The van der Waals surface area contributed by atoms with Crippen LogP contribution in [0.5, 0.6) is 0 Å². The molecular formula is C7H12NO. The van der Waals surface area contributed by atoms with Crippen LogP contribution in [0.1, 0.15) is 19.3 Å². The quantitative estimate of drug-likeness (QED) is 0.522. The number of hydrogen-bond donors (Lipinski definition) is 1. The second kappa shape index (κ2) is 1.96. The van der Waals surface area contributed by atoms with E-state index in [1.807, 2.05) is 0 Å². The molecule has 9 heavy (non-hydrogen) atoms. The molecular weight excluding hydrogens is 114 g/mol. The van der Waals surface area contributed by atoms with E-state index in [0.29, 0.717) is 6.23 Å². The first kappa shape index (κ1) is 5.69. The van der Waals surface area contributed by atoms with Crippen LogP contribution in [0.15, 0.2) is 0 Å². The summed E-state index contributed by atoms with van der Waals surface area (Å²) < 4.78 is 0. The number of piperidine rings is 3. The number of aliphatic hydroxyl groups excluding tert-OH is 1. The average molecular weight is 126 g/mol. The van der Waals surface area contributed by atoms with Gasteiger partial charge < -0.3 is 5.11 Å². The summed E-state index contributed by atoms with van der Waals surface area (Å²) in [5.41, 5.74) is 0. The zero-order valence-corrected chi connectivity index (χ0v) is 5.51. The number of aliphatic hydroxyl groups is 1. The summed E-state index contributed by atoms with van der Waals surface area (Å²) in [6.07, 6.45) is 4.17. The van der Waals surface area contributed by atoms with Gasteiger partial charge in [-0.15, -0.1) is 0 Å². The molecule has 3 saturated heterocycles. The van der Waals surface area contributed by atoms with Crippen LogP contribution in [0.3, 0.4) is 0 Å². The monoisotopic (exact) mass is 126 g/mol. The molecule has 1 N–H and O–H groups in total. The molecule has 2 bridgehead atoms. The van der Waals surface area contributed by atoms with E-state index in [0.717, 1.165) is 25.4 Å². The summed E-state index contributed by atoms with van der Waals surface area (Å²) in [6, 6.07) is 0. The lowest BCUT2D eigenvalue weighted by Gasteiger charge is -2.41. The van der Waals surface area contributed by atoms with Crippen molar-refractivity contribution in [2.75, 3.05) is 13.1 Å².